The highest BCUT2D eigenvalue weighted by molar-refractivity contribution is 6.30. The van der Waals surface area contributed by atoms with Crippen molar-refractivity contribution in [2.75, 3.05) is 20.1 Å². The van der Waals surface area contributed by atoms with Gasteiger partial charge in [0.05, 0.1) is 5.69 Å². The Bertz CT molecular complexity index is 1240. The van der Waals surface area contributed by atoms with Crippen LogP contribution in [0.3, 0.4) is 0 Å². The fraction of sp³-hybridized carbons (Fsp3) is 0.433. The predicted molar refractivity (Wildman–Crippen MR) is 149 cm³/mol. The molecule has 202 valence electrons. The highest BCUT2D eigenvalue weighted by atomic mass is 35.5. The molecule has 0 spiro atoms. The average molecular weight is 537 g/mol. The van der Waals surface area contributed by atoms with Crippen LogP contribution >= 0.6 is 11.6 Å². The van der Waals surface area contributed by atoms with E-state index < -0.39 is 0 Å². The first kappa shape index (κ1) is 27.7. The molecule has 3 aromatic rings. The summed E-state index contributed by atoms with van der Waals surface area (Å²) in [6.07, 6.45) is 1.51. The minimum Gasteiger partial charge on any atom is -0.490 e. The summed E-state index contributed by atoms with van der Waals surface area (Å²) in [4.78, 5) is 30.4. The second kappa shape index (κ2) is 12.5. The number of hydrogen-bond acceptors (Lipinski definition) is 4. The Balaban J connectivity index is 1.50. The van der Waals surface area contributed by atoms with Crippen LogP contribution in [0.5, 0.6) is 5.75 Å². The summed E-state index contributed by atoms with van der Waals surface area (Å²) >= 11 is 6.18. The minimum absolute atomic E-state index is 0.0209. The number of aryl methyl sites for hydroxylation is 1. The molecular formula is C30H37ClN4O3. The molecule has 1 aliphatic heterocycles. The first-order chi connectivity index (χ1) is 18.2. The maximum Gasteiger partial charge on any atom is 0.272 e. The average Bonchev–Trinajstić information content (AvgIpc) is 3.24. The zero-order valence-corrected chi connectivity index (χ0v) is 23.4. The maximum atomic E-state index is 13.5. The first-order valence-corrected chi connectivity index (χ1v) is 13.6. The maximum absolute atomic E-state index is 13.5. The summed E-state index contributed by atoms with van der Waals surface area (Å²) in [5.74, 6) is 0.914. The number of likely N-dealkylation sites (tertiary alicyclic amines) is 1. The number of carbonyl (C=O) groups excluding carboxylic acids is 2. The number of hydrogen-bond donors (Lipinski definition) is 0. The fourth-order valence-corrected chi connectivity index (χ4v) is 5.17. The van der Waals surface area contributed by atoms with Gasteiger partial charge in [-0.3, -0.25) is 14.3 Å². The topological polar surface area (TPSA) is 67.7 Å². The van der Waals surface area contributed by atoms with Crippen LogP contribution < -0.4 is 4.74 Å². The Morgan fingerprint density at radius 2 is 1.89 bits per heavy atom. The molecule has 7 nitrogen and oxygen atoms in total. The number of halogens is 1. The third-order valence-corrected chi connectivity index (χ3v) is 7.16. The molecule has 2 atom stereocenters. The van der Waals surface area contributed by atoms with Gasteiger partial charge in [0.1, 0.15) is 17.5 Å². The first-order valence-electron chi connectivity index (χ1n) is 13.2. The highest BCUT2D eigenvalue weighted by Crippen LogP contribution is 2.29. The van der Waals surface area contributed by atoms with Crippen molar-refractivity contribution in [3.05, 3.63) is 82.6 Å². The molecule has 0 aliphatic carbocycles. The molecular weight excluding hydrogens is 500 g/mol. The Morgan fingerprint density at radius 1 is 1.13 bits per heavy atom. The number of nitrogens with zero attached hydrogens (tertiary/aromatic N) is 4. The summed E-state index contributed by atoms with van der Waals surface area (Å²) in [5, 5.41) is 5.14. The lowest BCUT2D eigenvalue weighted by molar-refractivity contribution is -0.133. The Morgan fingerprint density at radius 3 is 2.61 bits per heavy atom. The molecule has 2 heterocycles. The second-order valence-corrected chi connectivity index (χ2v) is 11.0. The van der Waals surface area contributed by atoms with Crippen LogP contribution in [0.2, 0.25) is 5.02 Å². The van der Waals surface area contributed by atoms with Gasteiger partial charge in [0.2, 0.25) is 5.91 Å². The van der Waals surface area contributed by atoms with Gasteiger partial charge < -0.3 is 14.5 Å². The summed E-state index contributed by atoms with van der Waals surface area (Å²) < 4.78 is 8.01. The van der Waals surface area contributed by atoms with Crippen LogP contribution in [0.25, 0.3) is 0 Å². The summed E-state index contributed by atoms with van der Waals surface area (Å²) in [5.41, 5.74) is 2.56. The van der Waals surface area contributed by atoms with Gasteiger partial charge in [-0.1, -0.05) is 61.8 Å². The third kappa shape index (κ3) is 7.16. The molecule has 0 N–H and O–H groups in total. The lowest BCUT2D eigenvalue weighted by atomic mass is 9.90. The lowest BCUT2D eigenvalue weighted by Crippen LogP contribution is -2.49. The van der Waals surface area contributed by atoms with Crippen LogP contribution in [-0.4, -0.2) is 57.6 Å². The van der Waals surface area contributed by atoms with Crippen molar-refractivity contribution in [3.63, 3.8) is 0 Å². The molecule has 0 bridgehead atoms. The molecule has 0 unspecified atom stereocenters. The van der Waals surface area contributed by atoms with Gasteiger partial charge in [-0.15, -0.1) is 0 Å². The quantitative estimate of drug-likeness (QED) is 0.375. The van der Waals surface area contributed by atoms with E-state index in [2.05, 4.69) is 18.9 Å². The Hall–Kier alpha value is -3.32. The zero-order valence-electron chi connectivity index (χ0n) is 22.6. The van der Waals surface area contributed by atoms with Gasteiger partial charge in [0.15, 0.2) is 0 Å². The van der Waals surface area contributed by atoms with Gasteiger partial charge in [0.25, 0.3) is 5.91 Å². The van der Waals surface area contributed by atoms with Gasteiger partial charge in [-0.25, -0.2) is 0 Å². The second-order valence-electron chi connectivity index (χ2n) is 10.6. The van der Waals surface area contributed by atoms with Crippen molar-refractivity contribution < 1.29 is 14.3 Å². The van der Waals surface area contributed by atoms with E-state index in [1.807, 2.05) is 67.5 Å². The van der Waals surface area contributed by atoms with Crippen LogP contribution in [0.4, 0.5) is 0 Å². The molecule has 0 saturated carbocycles. The number of piperidine rings is 1. The van der Waals surface area contributed by atoms with Crippen molar-refractivity contribution in [1.82, 2.24) is 19.6 Å². The lowest BCUT2D eigenvalue weighted by Gasteiger charge is -2.38. The van der Waals surface area contributed by atoms with Crippen molar-refractivity contribution in [2.45, 2.75) is 45.8 Å². The van der Waals surface area contributed by atoms with Crippen LogP contribution in [0, 0.1) is 11.8 Å². The van der Waals surface area contributed by atoms with E-state index in [1.165, 1.54) is 0 Å². The number of aromatic nitrogens is 2. The van der Waals surface area contributed by atoms with Crippen LogP contribution in [-0.2, 0) is 24.8 Å². The minimum atomic E-state index is -0.213. The Kier molecular flexibility index (Phi) is 9.10. The van der Waals surface area contributed by atoms with Gasteiger partial charge in [-0.2, -0.15) is 5.10 Å². The molecule has 4 rings (SSSR count). The summed E-state index contributed by atoms with van der Waals surface area (Å²) in [6, 6.07) is 19.1. The number of benzene rings is 2. The smallest absolute Gasteiger partial charge is 0.272 e. The summed E-state index contributed by atoms with van der Waals surface area (Å²) in [7, 11) is 3.63. The standard InChI is InChI=1S/C30H37ClN4O3/c1-21(2)15-25-18-27(34(4)32-25)30(37)35-14-13-28(38-26-12-8-11-24(31)17-26)23(20-35)16-29(36)33(3)19-22-9-6-5-7-10-22/h5-12,17-18,21,23,28H,13-16,19-20H2,1-4H3/t23-,28-/m0/s1. The molecule has 1 fully saturated rings. The van der Waals surface area contributed by atoms with E-state index in [9.17, 15) is 9.59 Å². The molecule has 1 aliphatic rings. The van der Waals surface area contributed by atoms with E-state index in [1.54, 1.807) is 21.7 Å². The largest absolute Gasteiger partial charge is 0.490 e. The fourth-order valence-electron chi connectivity index (χ4n) is 4.99. The van der Waals surface area contributed by atoms with E-state index >= 15 is 0 Å². The van der Waals surface area contributed by atoms with Crippen molar-refractivity contribution in [3.8, 4) is 5.75 Å². The van der Waals surface area contributed by atoms with E-state index in [4.69, 9.17) is 16.3 Å². The van der Waals surface area contributed by atoms with E-state index in [0.29, 0.717) is 48.4 Å². The predicted octanol–water partition coefficient (Wildman–Crippen LogP) is 5.23. The Labute approximate surface area is 230 Å². The van der Waals surface area contributed by atoms with Gasteiger partial charge in [0, 0.05) is 57.5 Å². The molecule has 8 heteroatoms. The van der Waals surface area contributed by atoms with E-state index in [-0.39, 0.29) is 30.3 Å². The monoisotopic (exact) mass is 536 g/mol. The highest BCUT2D eigenvalue weighted by Gasteiger charge is 2.36. The van der Waals surface area contributed by atoms with Crippen LogP contribution in [0.1, 0.15) is 48.4 Å². The molecule has 2 amide bonds. The number of rotatable bonds is 9. The SMILES string of the molecule is CC(C)Cc1cc(C(=O)N2CC[C@H](Oc3cccc(Cl)c3)[C@@H](CC(=O)N(C)Cc3ccccc3)C2)n(C)n1. The third-order valence-electron chi connectivity index (χ3n) is 6.93. The van der Waals surface area contributed by atoms with Gasteiger partial charge >= 0.3 is 0 Å². The van der Waals surface area contributed by atoms with Crippen LogP contribution in [0.15, 0.2) is 60.7 Å². The number of ether oxygens (including phenoxy) is 1. The van der Waals surface area contributed by atoms with Crippen molar-refractivity contribution in [1.29, 1.82) is 0 Å². The number of amides is 2. The molecule has 2 aromatic carbocycles. The van der Waals surface area contributed by atoms with Crippen molar-refractivity contribution in [2.24, 2.45) is 18.9 Å². The normalized spacial score (nSPS) is 17.5. The molecule has 38 heavy (non-hydrogen) atoms. The van der Waals surface area contributed by atoms with Crippen molar-refractivity contribution >= 4 is 23.4 Å². The molecule has 1 aromatic heterocycles. The molecule has 1 saturated heterocycles. The zero-order chi connectivity index (χ0) is 27.2. The number of carbonyl (C=O) groups is 2. The van der Waals surface area contributed by atoms with Gasteiger partial charge in [-0.05, 0) is 42.2 Å². The summed E-state index contributed by atoms with van der Waals surface area (Å²) in [6.45, 7) is 5.77. The van der Waals surface area contributed by atoms with E-state index in [0.717, 1.165) is 17.7 Å². The molecule has 0 radical (unpaired) electrons.